The molecule has 0 bridgehead atoms. The molecular formula is C15H23ClN4O3S. The van der Waals surface area contributed by atoms with Gasteiger partial charge in [-0.3, -0.25) is 14.3 Å². The van der Waals surface area contributed by atoms with E-state index >= 15 is 0 Å². The van der Waals surface area contributed by atoms with Crippen molar-refractivity contribution in [2.24, 2.45) is 16.0 Å². The zero-order valence-corrected chi connectivity index (χ0v) is 15.5. The van der Waals surface area contributed by atoms with Crippen molar-refractivity contribution in [1.82, 2.24) is 10.0 Å². The van der Waals surface area contributed by atoms with E-state index in [0.29, 0.717) is 11.4 Å². The van der Waals surface area contributed by atoms with Gasteiger partial charge in [0.25, 0.3) is 5.91 Å². The molecule has 24 heavy (non-hydrogen) atoms. The third-order valence-corrected chi connectivity index (χ3v) is 5.04. The van der Waals surface area contributed by atoms with E-state index < -0.39 is 27.8 Å². The minimum atomic E-state index is -3.52. The van der Waals surface area contributed by atoms with Crippen molar-refractivity contribution < 1.29 is 13.8 Å². The SMILES string of the molecule is CNCC(=O)NS(=O)(=NC(=O)[C@@H](N)CC(C)C)c1cccc(Cl)c1. The summed E-state index contributed by atoms with van der Waals surface area (Å²) in [6.07, 6.45) is 0.401. The molecule has 134 valence electrons. The fraction of sp³-hybridized carbons (Fsp3) is 0.467. The highest BCUT2D eigenvalue weighted by molar-refractivity contribution is 7.92. The second kappa shape index (κ2) is 9.12. The van der Waals surface area contributed by atoms with Gasteiger partial charge in [0.2, 0.25) is 5.91 Å². The first-order valence-electron chi connectivity index (χ1n) is 7.45. The molecule has 9 heteroatoms. The summed E-state index contributed by atoms with van der Waals surface area (Å²) in [7, 11) is -1.95. The Morgan fingerprint density at radius 3 is 2.58 bits per heavy atom. The van der Waals surface area contributed by atoms with E-state index in [9.17, 15) is 13.8 Å². The van der Waals surface area contributed by atoms with Gasteiger partial charge in [0.15, 0.2) is 9.92 Å². The number of nitrogens with one attached hydrogen (secondary N) is 2. The molecule has 1 unspecified atom stereocenters. The summed E-state index contributed by atoms with van der Waals surface area (Å²) in [5, 5.41) is 2.96. The summed E-state index contributed by atoms with van der Waals surface area (Å²) in [6, 6.07) is 5.15. The number of nitrogens with two attached hydrogens (primary N) is 1. The summed E-state index contributed by atoms with van der Waals surface area (Å²) < 4.78 is 19.2. The fourth-order valence-electron chi connectivity index (χ4n) is 1.93. The number of hydrogen-bond acceptors (Lipinski definition) is 5. The van der Waals surface area contributed by atoms with Gasteiger partial charge in [-0.1, -0.05) is 31.5 Å². The second-order valence-corrected chi connectivity index (χ2v) is 8.05. The van der Waals surface area contributed by atoms with Crippen LogP contribution in [0.15, 0.2) is 33.5 Å². The van der Waals surface area contributed by atoms with Crippen molar-refractivity contribution in [3.63, 3.8) is 0 Å². The van der Waals surface area contributed by atoms with Crippen molar-refractivity contribution in [2.75, 3.05) is 13.6 Å². The number of benzene rings is 1. The zero-order chi connectivity index (χ0) is 18.3. The predicted octanol–water partition coefficient (Wildman–Crippen LogP) is 1.32. The maximum atomic E-state index is 13.2. The third kappa shape index (κ3) is 6.20. The van der Waals surface area contributed by atoms with Crippen molar-refractivity contribution in [1.29, 1.82) is 0 Å². The molecule has 0 fully saturated rings. The summed E-state index contributed by atoms with van der Waals surface area (Å²) in [4.78, 5) is 24.2. The Labute approximate surface area is 147 Å². The summed E-state index contributed by atoms with van der Waals surface area (Å²) in [5.41, 5.74) is 5.80. The van der Waals surface area contributed by atoms with E-state index in [1.165, 1.54) is 12.1 Å². The standard InChI is InChI=1S/C15H23ClN4O3S/c1-10(2)7-13(17)15(22)20-24(23,19-14(21)9-18-3)12-6-4-5-11(16)8-12/h4-6,8,10,13,18H,7,9,17H2,1-3H3,(H,19,20,21,22,23)/t13-,24?/m0/s1. The van der Waals surface area contributed by atoms with Gasteiger partial charge in [-0.15, -0.1) is 4.36 Å². The Kier molecular flexibility index (Phi) is 7.82. The van der Waals surface area contributed by atoms with Crippen LogP contribution in [-0.4, -0.2) is 35.7 Å². The van der Waals surface area contributed by atoms with Crippen LogP contribution in [0.3, 0.4) is 0 Å². The van der Waals surface area contributed by atoms with E-state index in [4.69, 9.17) is 17.3 Å². The number of rotatable bonds is 7. The molecular weight excluding hydrogens is 352 g/mol. The van der Waals surface area contributed by atoms with Gasteiger partial charge in [0.05, 0.1) is 17.5 Å². The highest BCUT2D eigenvalue weighted by Crippen LogP contribution is 2.18. The van der Waals surface area contributed by atoms with Crippen molar-refractivity contribution in [3.05, 3.63) is 29.3 Å². The van der Waals surface area contributed by atoms with E-state index in [2.05, 4.69) is 14.4 Å². The Morgan fingerprint density at radius 2 is 2.04 bits per heavy atom. The molecule has 0 saturated heterocycles. The van der Waals surface area contributed by atoms with Crippen LogP contribution < -0.4 is 15.8 Å². The summed E-state index contributed by atoms with van der Waals surface area (Å²) >= 11 is 5.91. The van der Waals surface area contributed by atoms with Gasteiger partial charge in [0.1, 0.15) is 0 Å². The molecule has 0 heterocycles. The molecule has 2 amide bonds. The van der Waals surface area contributed by atoms with Crippen LogP contribution >= 0.6 is 11.6 Å². The molecule has 0 spiro atoms. The Bertz CT molecular complexity index is 714. The Morgan fingerprint density at radius 1 is 1.38 bits per heavy atom. The van der Waals surface area contributed by atoms with Crippen LogP contribution in [-0.2, 0) is 19.5 Å². The van der Waals surface area contributed by atoms with Crippen LogP contribution in [0.2, 0.25) is 5.02 Å². The van der Waals surface area contributed by atoms with Gasteiger partial charge < -0.3 is 11.1 Å². The molecule has 0 radical (unpaired) electrons. The van der Waals surface area contributed by atoms with E-state index in [1.54, 1.807) is 19.2 Å². The average molecular weight is 375 g/mol. The van der Waals surface area contributed by atoms with Crippen LogP contribution in [0.1, 0.15) is 20.3 Å². The van der Waals surface area contributed by atoms with Crippen LogP contribution in [0.5, 0.6) is 0 Å². The van der Waals surface area contributed by atoms with Crippen LogP contribution in [0.4, 0.5) is 0 Å². The average Bonchev–Trinajstić information content (AvgIpc) is 2.46. The molecule has 2 atom stereocenters. The molecule has 1 aromatic carbocycles. The molecule has 4 N–H and O–H groups in total. The molecule has 0 aliphatic heterocycles. The molecule has 7 nitrogen and oxygen atoms in total. The number of halogens is 1. The lowest BCUT2D eigenvalue weighted by atomic mass is 10.0. The van der Waals surface area contributed by atoms with Crippen molar-refractivity contribution in [3.8, 4) is 0 Å². The van der Waals surface area contributed by atoms with Crippen molar-refractivity contribution >= 4 is 33.3 Å². The maximum Gasteiger partial charge on any atom is 0.272 e. The fourth-order valence-corrected chi connectivity index (χ4v) is 3.77. The van der Waals surface area contributed by atoms with E-state index in [-0.39, 0.29) is 17.4 Å². The lowest BCUT2D eigenvalue weighted by Gasteiger charge is -2.14. The van der Waals surface area contributed by atoms with E-state index in [1.807, 2.05) is 13.8 Å². The zero-order valence-electron chi connectivity index (χ0n) is 13.9. The Hall–Kier alpha value is -1.48. The largest absolute Gasteiger partial charge is 0.320 e. The number of likely N-dealkylation sites (N-methyl/N-ethyl adjacent to an activating group) is 1. The first-order chi connectivity index (χ1) is 11.2. The Balaban J connectivity index is 3.27. The molecule has 0 aromatic heterocycles. The summed E-state index contributed by atoms with van der Waals surface area (Å²) in [5.74, 6) is -1.10. The number of carbonyl (C=O) groups is 2. The third-order valence-electron chi connectivity index (χ3n) is 2.97. The van der Waals surface area contributed by atoms with Gasteiger partial charge in [-0.25, -0.2) is 4.21 Å². The van der Waals surface area contributed by atoms with Crippen LogP contribution in [0, 0.1) is 5.92 Å². The summed E-state index contributed by atoms with van der Waals surface area (Å²) in [6.45, 7) is 3.76. The maximum absolute atomic E-state index is 13.2. The molecule has 0 saturated carbocycles. The predicted molar refractivity (Wildman–Crippen MR) is 94.8 cm³/mol. The topological polar surface area (TPSA) is 114 Å². The van der Waals surface area contributed by atoms with E-state index in [0.717, 1.165) is 0 Å². The molecule has 1 rings (SSSR count). The molecule has 0 aliphatic rings. The number of hydrogen-bond donors (Lipinski definition) is 3. The quantitative estimate of drug-likeness (QED) is 0.666. The van der Waals surface area contributed by atoms with Gasteiger partial charge in [-0.2, -0.15) is 0 Å². The minimum Gasteiger partial charge on any atom is -0.320 e. The first kappa shape index (κ1) is 20.6. The lowest BCUT2D eigenvalue weighted by Crippen LogP contribution is -2.38. The van der Waals surface area contributed by atoms with Crippen LogP contribution in [0.25, 0.3) is 0 Å². The second-order valence-electron chi connectivity index (χ2n) is 5.70. The minimum absolute atomic E-state index is 0.0701. The molecule has 1 aromatic rings. The number of carbonyl (C=O) groups excluding carboxylic acids is 2. The number of nitrogens with zero attached hydrogens (tertiary/aromatic N) is 1. The highest BCUT2D eigenvalue weighted by Gasteiger charge is 2.22. The normalized spacial score (nSPS) is 14.8. The monoisotopic (exact) mass is 374 g/mol. The highest BCUT2D eigenvalue weighted by atomic mass is 35.5. The van der Waals surface area contributed by atoms with Gasteiger partial charge in [0, 0.05) is 5.02 Å². The van der Waals surface area contributed by atoms with Gasteiger partial charge >= 0.3 is 0 Å². The lowest BCUT2D eigenvalue weighted by molar-refractivity contribution is -0.119. The van der Waals surface area contributed by atoms with Crippen molar-refractivity contribution in [2.45, 2.75) is 31.2 Å². The van der Waals surface area contributed by atoms with Gasteiger partial charge in [-0.05, 0) is 37.6 Å². The molecule has 0 aliphatic carbocycles. The first-order valence-corrected chi connectivity index (χ1v) is 9.34. The smallest absolute Gasteiger partial charge is 0.272 e. The number of amides is 2.